The van der Waals surface area contributed by atoms with Crippen LogP contribution in [0.4, 0.5) is 0 Å². The highest BCUT2D eigenvalue weighted by Crippen LogP contribution is 2.61. The van der Waals surface area contributed by atoms with Crippen molar-refractivity contribution < 1.29 is 39.8 Å². The van der Waals surface area contributed by atoms with Gasteiger partial charge in [0.1, 0.15) is 24.1 Å². The van der Waals surface area contributed by atoms with Crippen molar-refractivity contribution in [2.24, 2.45) is 17.3 Å². The number of aliphatic hydroxyl groups excluding tert-OH is 3. The Labute approximate surface area is 186 Å². The van der Waals surface area contributed by atoms with Crippen LogP contribution in [0.1, 0.15) is 56.1 Å². The molecule has 1 saturated heterocycles. The van der Waals surface area contributed by atoms with E-state index in [1.165, 1.54) is 11.1 Å². The minimum absolute atomic E-state index is 0.140. The molecule has 8 heteroatoms. The van der Waals surface area contributed by atoms with E-state index < -0.39 is 36.7 Å². The van der Waals surface area contributed by atoms with E-state index in [1.807, 2.05) is 6.07 Å². The molecule has 4 aliphatic rings. The maximum Gasteiger partial charge on any atom is 0.335 e. The van der Waals surface area contributed by atoms with Crippen LogP contribution in [0.5, 0.6) is 5.75 Å². The molecule has 32 heavy (non-hydrogen) atoms. The molecule has 0 aromatic heterocycles. The number of benzene rings is 1. The highest BCUT2D eigenvalue weighted by atomic mass is 16.7. The van der Waals surface area contributed by atoms with Crippen LogP contribution in [0.15, 0.2) is 18.2 Å². The zero-order chi connectivity index (χ0) is 22.8. The van der Waals surface area contributed by atoms with Crippen molar-refractivity contribution >= 4 is 5.97 Å². The number of aliphatic hydroxyl groups is 3. The van der Waals surface area contributed by atoms with E-state index in [1.54, 1.807) is 6.07 Å². The third-order valence-electron chi connectivity index (χ3n) is 8.73. The van der Waals surface area contributed by atoms with E-state index in [0.29, 0.717) is 23.5 Å². The standard InChI is InChI=1S/C24H32O8/c1-24-9-8-14-13-5-3-12(25)10-11(13)2-4-15(14)16(24)6-7-17(24)31-23-20(28)18(26)19(27)21(32-23)22(29)30/h3,5,10,14-21,23,25-28H,2,4,6-9H2,1H3,(H,29,30)/t14-,15+,16-,17-,18-,19-,20+,21-,23+,24-/m1/s1. The average molecular weight is 449 g/mol. The summed E-state index contributed by atoms with van der Waals surface area (Å²) in [5.74, 6) is 0.312. The third-order valence-corrected chi connectivity index (χ3v) is 8.73. The number of carbonyl (C=O) groups is 1. The first kappa shape index (κ1) is 22.1. The molecular weight excluding hydrogens is 416 g/mol. The van der Waals surface area contributed by atoms with Crippen molar-refractivity contribution in [3.8, 4) is 5.75 Å². The van der Waals surface area contributed by atoms with Gasteiger partial charge in [-0.3, -0.25) is 0 Å². The average Bonchev–Trinajstić information content (AvgIpc) is 3.09. The number of hydrogen-bond donors (Lipinski definition) is 5. The second-order valence-corrected chi connectivity index (χ2v) is 10.3. The summed E-state index contributed by atoms with van der Waals surface area (Å²) >= 11 is 0. The summed E-state index contributed by atoms with van der Waals surface area (Å²) in [5.41, 5.74) is 2.45. The van der Waals surface area contributed by atoms with Gasteiger partial charge >= 0.3 is 5.97 Å². The summed E-state index contributed by atoms with van der Waals surface area (Å²) in [6.45, 7) is 2.22. The van der Waals surface area contributed by atoms with Gasteiger partial charge in [0, 0.05) is 0 Å². The number of phenols is 1. The predicted octanol–water partition coefficient (Wildman–Crippen LogP) is 1.53. The van der Waals surface area contributed by atoms with Gasteiger partial charge in [-0.05, 0) is 85.0 Å². The zero-order valence-corrected chi connectivity index (χ0v) is 18.1. The van der Waals surface area contributed by atoms with Crippen LogP contribution in [0, 0.1) is 17.3 Å². The number of phenolic OH excluding ortho intramolecular Hbond substituents is 1. The molecular formula is C24H32O8. The van der Waals surface area contributed by atoms with Gasteiger partial charge in [0.2, 0.25) is 0 Å². The summed E-state index contributed by atoms with van der Waals surface area (Å²) in [5, 5.41) is 49.6. The van der Waals surface area contributed by atoms with Gasteiger partial charge in [-0.1, -0.05) is 13.0 Å². The summed E-state index contributed by atoms with van der Waals surface area (Å²) in [6, 6.07) is 5.73. The minimum Gasteiger partial charge on any atom is -0.508 e. The molecule has 1 aromatic rings. The van der Waals surface area contributed by atoms with E-state index in [0.717, 1.165) is 38.5 Å². The predicted molar refractivity (Wildman–Crippen MR) is 112 cm³/mol. The molecule has 0 unspecified atom stereocenters. The number of carboxylic acids is 1. The molecule has 0 radical (unpaired) electrons. The molecule has 1 heterocycles. The first-order valence-corrected chi connectivity index (χ1v) is 11.6. The van der Waals surface area contributed by atoms with Crippen LogP contribution >= 0.6 is 0 Å². The van der Waals surface area contributed by atoms with Crippen molar-refractivity contribution in [3.05, 3.63) is 29.3 Å². The lowest BCUT2D eigenvalue weighted by Crippen LogP contribution is -2.61. The summed E-state index contributed by atoms with van der Waals surface area (Å²) in [6.07, 6.45) is -2.38. The quantitative estimate of drug-likeness (QED) is 0.470. The van der Waals surface area contributed by atoms with E-state index in [9.17, 15) is 30.3 Å². The molecule has 0 bridgehead atoms. The minimum atomic E-state index is -1.72. The molecule has 0 spiro atoms. The van der Waals surface area contributed by atoms with Crippen molar-refractivity contribution in [2.45, 2.75) is 88.2 Å². The fraction of sp³-hybridized carbons (Fsp3) is 0.708. The highest BCUT2D eigenvalue weighted by Gasteiger charge is 2.57. The monoisotopic (exact) mass is 448 g/mol. The summed E-state index contributed by atoms with van der Waals surface area (Å²) in [4.78, 5) is 11.4. The van der Waals surface area contributed by atoms with Gasteiger partial charge in [0.15, 0.2) is 12.4 Å². The Kier molecular flexibility index (Phi) is 5.49. The molecule has 5 N–H and O–H groups in total. The van der Waals surface area contributed by atoms with E-state index >= 15 is 0 Å². The Bertz CT molecular complexity index is 889. The first-order valence-electron chi connectivity index (χ1n) is 11.6. The highest BCUT2D eigenvalue weighted by molar-refractivity contribution is 5.73. The molecule has 0 amide bonds. The summed E-state index contributed by atoms with van der Waals surface area (Å²) in [7, 11) is 0. The lowest BCUT2D eigenvalue weighted by molar-refractivity contribution is -0.312. The maximum absolute atomic E-state index is 11.4. The zero-order valence-electron chi connectivity index (χ0n) is 18.1. The Morgan fingerprint density at radius 3 is 2.62 bits per heavy atom. The number of aliphatic carboxylic acids is 1. The largest absolute Gasteiger partial charge is 0.508 e. The molecule has 8 nitrogen and oxygen atoms in total. The van der Waals surface area contributed by atoms with Gasteiger partial charge in [-0.25, -0.2) is 4.79 Å². The second-order valence-electron chi connectivity index (χ2n) is 10.3. The lowest BCUT2D eigenvalue weighted by Gasteiger charge is -2.51. The van der Waals surface area contributed by atoms with Gasteiger partial charge in [0.05, 0.1) is 6.10 Å². The molecule has 1 aromatic carbocycles. The SMILES string of the molecule is C[C@@]12CC[C@@H]3c4ccc(O)cc4CC[C@@H]3[C@H]1CC[C@H]2O[C@H]1O[C@@H](C(=O)O)[C@H](O)[C@@H](O)[C@@H]1O. The topological polar surface area (TPSA) is 137 Å². The molecule has 1 aliphatic heterocycles. The summed E-state index contributed by atoms with van der Waals surface area (Å²) < 4.78 is 11.5. The maximum atomic E-state index is 11.4. The molecule has 5 rings (SSSR count). The van der Waals surface area contributed by atoms with Crippen LogP contribution in [0.2, 0.25) is 0 Å². The Hall–Kier alpha value is -1.71. The lowest BCUT2D eigenvalue weighted by atomic mass is 9.55. The van der Waals surface area contributed by atoms with E-state index in [-0.39, 0.29) is 11.5 Å². The van der Waals surface area contributed by atoms with Crippen LogP contribution < -0.4 is 0 Å². The molecule has 2 saturated carbocycles. The molecule has 10 atom stereocenters. The van der Waals surface area contributed by atoms with Crippen LogP contribution in [0.25, 0.3) is 0 Å². The Balaban J connectivity index is 1.34. The third kappa shape index (κ3) is 3.35. The number of aromatic hydroxyl groups is 1. The van der Waals surface area contributed by atoms with Crippen molar-refractivity contribution in [1.82, 2.24) is 0 Å². The van der Waals surface area contributed by atoms with Crippen molar-refractivity contribution in [3.63, 3.8) is 0 Å². The van der Waals surface area contributed by atoms with Crippen molar-refractivity contribution in [2.75, 3.05) is 0 Å². The van der Waals surface area contributed by atoms with E-state index in [4.69, 9.17) is 9.47 Å². The van der Waals surface area contributed by atoms with Crippen LogP contribution in [-0.4, -0.2) is 68.3 Å². The van der Waals surface area contributed by atoms with Crippen molar-refractivity contribution in [1.29, 1.82) is 0 Å². The van der Waals surface area contributed by atoms with Gasteiger partial charge in [0.25, 0.3) is 0 Å². The van der Waals surface area contributed by atoms with Gasteiger partial charge in [-0.15, -0.1) is 0 Å². The Morgan fingerprint density at radius 2 is 1.88 bits per heavy atom. The normalized spacial score (nSPS) is 45.6. The number of hydrogen-bond acceptors (Lipinski definition) is 7. The number of ether oxygens (including phenoxy) is 2. The number of fused-ring (bicyclic) bond motifs is 5. The number of aryl methyl sites for hydroxylation is 1. The van der Waals surface area contributed by atoms with Gasteiger partial charge < -0.3 is 35.0 Å². The van der Waals surface area contributed by atoms with Gasteiger partial charge in [-0.2, -0.15) is 0 Å². The van der Waals surface area contributed by atoms with E-state index in [2.05, 4.69) is 13.0 Å². The number of rotatable bonds is 3. The number of carboxylic acid groups (broad SMARTS) is 1. The molecule has 3 aliphatic carbocycles. The van der Waals surface area contributed by atoms with Crippen LogP contribution in [0.3, 0.4) is 0 Å². The fourth-order valence-electron chi connectivity index (χ4n) is 7.07. The molecule has 3 fully saturated rings. The second kappa shape index (κ2) is 7.95. The first-order chi connectivity index (χ1) is 15.2. The van der Waals surface area contributed by atoms with Crippen LogP contribution in [-0.2, 0) is 20.7 Å². The smallest absolute Gasteiger partial charge is 0.335 e. The fourth-order valence-corrected chi connectivity index (χ4v) is 7.07. The Morgan fingerprint density at radius 1 is 1.09 bits per heavy atom. The molecule has 176 valence electrons.